The Morgan fingerprint density at radius 1 is 1.20 bits per heavy atom. The lowest BCUT2D eigenvalue weighted by atomic mass is 10.1. The van der Waals surface area contributed by atoms with Crippen LogP contribution in [0.2, 0.25) is 0 Å². The Hall–Kier alpha value is -2.89. The van der Waals surface area contributed by atoms with Crippen LogP contribution < -0.4 is 9.64 Å². The molecule has 6 nitrogen and oxygen atoms in total. The number of aryl methyl sites for hydroxylation is 1. The van der Waals surface area contributed by atoms with Crippen LogP contribution in [0.5, 0.6) is 5.75 Å². The molecule has 2 heterocycles. The van der Waals surface area contributed by atoms with Gasteiger partial charge in [-0.3, -0.25) is 9.78 Å². The maximum absolute atomic E-state index is 12.5. The van der Waals surface area contributed by atoms with Gasteiger partial charge in [0.1, 0.15) is 11.6 Å². The van der Waals surface area contributed by atoms with Crippen LogP contribution >= 0.6 is 0 Å². The average molecular weight is 338 g/mol. The first-order valence-electron chi connectivity index (χ1n) is 8.30. The van der Waals surface area contributed by atoms with E-state index in [0.717, 1.165) is 35.8 Å². The van der Waals surface area contributed by atoms with E-state index in [1.165, 1.54) is 0 Å². The summed E-state index contributed by atoms with van der Waals surface area (Å²) in [4.78, 5) is 24.8. The number of amides is 1. The molecule has 130 valence electrons. The minimum absolute atomic E-state index is 0.0161. The van der Waals surface area contributed by atoms with Gasteiger partial charge in [-0.2, -0.15) is 0 Å². The van der Waals surface area contributed by atoms with Crippen molar-refractivity contribution in [3.63, 3.8) is 0 Å². The maximum atomic E-state index is 12.5. The molecule has 0 spiro atoms. The van der Waals surface area contributed by atoms with Gasteiger partial charge >= 0.3 is 0 Å². The fourth-order valence-corrected chi connectivity index (χ4v) is 2.86. The highest BCUT2D eigenvalue weighted by molar-refractivity contribution is 5.92. The Kier molecular flexibility index (Phi) is 5.28. The van der Waals surface area contributed by atoms with E-state index in [4.69, 9.17) is 4.74 Å². The first-order valence-corrected chi connectivity index (χ1v) is 8.30. The zero-order valence-corrected chi connectivity index (χ0v) is 14.6. The number of aromatic nitrogens is 2. The lowest BCUT2D eigenvalue weighted by Crippen LogP contribution is -2.48. The van der Waals surface area contributed by atoms with E-state index >= 15 is 0 Å². The third-order valence-electron chi connectivity index (χ3n) is 4.26. The number of nitrogens with zero attached hydrogens (tertiary/aromatic N) is 4. The number of carbonyl (C=O) groups excluding carboxylic acids is 1. The first-order chi connectivity index (χ1) is 12.2. The molecule has 1 aliphatic rings. The second-order valence-corrected chi connectivity index (χ2v) is 5.95. The van der Waals surface area contributed by atoms with Crippen LogP contribution in [0.15, 0.2) is 42.9 Å². The second kappa shape index (κ2) is 7.79. The van der Waals surface area contributed by atoms with E-state index < -0.39 is 0 Å². The molecule has 0 N–H and O–H groups in total. The fraction of sp³-hybridized carbons (Fsp3) is 0.316. The molecule has 0 aliphatic carbocycles. The number of carbonyl (C=O) groups is 1. The summed E-state index contributed by atoms with van der Waals surface area (Å²) in [6, 6.07) is 5.91. The Morgan fingerprint density at radius 3 is 2.68 bits per heavy atom. The quantitative estimate of drug-likeness (QED) is 0.800. The van der Waals surface area contributed by atoms with E-state index in [1.54, 1.807) is 31.8 Å². The molecular formula is C19H22N4O2. The molecule has 1 saturated heterocycles. The first kappa shape index (κ1) is 17.0. The fourth-order valence-electron chi connectivity index (χ4n) is 2.86. The van der Waals surface area contributed by atoms with E-state index in [9.17, 15) is 4.79 Å². The average Bonchev–Trinajstić information content (AvgIpc) is 2.67. The number of piperazine rings is 1. The van der Waals surface area contributed by atoms with Crippen LogP contribution in [0.1, 0.15) is 11.1 Å². The van der Waals surface area contributed by atoms with Gasteiger partial charge in [0.2, 0.25) is 5.91 Å². The van der Waals surface area contributed by atoms with Crippen molar-refractivity contribution in [3.8, 4) is 5.75 Å². The highest BCUT2D eigenvalue weighted by Crippen LogP contribution is 2.21. The van der Waals surface area contributed by atoms with Crippen LogP contribution in [0.25, 0.3) is 6.08 Å². The molecule has 6 heteroatoms. The van der Waals surface area contributed by atoms with E-state index in [2.05, 4.69) is 14.9 Å². The second-order valence-electron chi connectivity index (χ2n) is 5.95. The minimum atomic E-state index is 0.0161. The predicted molar refractivity (Wildman–Crippen MR) is 97.6 cm³/mol. The summed E-state index contributed by atoms with van der Waals surface area (Å²) in [7, 11) is 1.63. The van der Waals surface area contributed by atoms with Crippen LogP contribution in [-0.4, -0.2) is 54.1 Å². The van der Waals surface area contributed by atoms with Gasteiger partial charge in [0.25, 0.3) is 0 Å². The number of ether oxygens (including phenoxy) is 1. The van der Waals surface area contributed by atoms with Crippen molar-refractivity contribution in [1.82, 2.24) is 14.9 Å². The Balaban J connectivity index is 1.61. The van der Waals surface area contributed by atoms with Gasteiger partial charge in [-0.15, -0.1) is 0 Å². The molecule has 1 aromatic carbocycles. The lowest BCUT2D eigenvalue weighted by Gasteiger charge is -2.34. The van der Waals surface area contributed by atoms with Crippen LogP contribution in [-0.2, 0) is 4.79 Å². The van der Waals surface area contributed by atoms with Crippen molar-refractivity contribution >= 4 is 17.8 Å². The molecule has 1 aliphatic heterocycles. The number of benzene rings is 1. The van der Waals surface area contributed by atoms with Gasteiger partial charge in [-0.25, -0.2) is 4.98 Å². The van der Waals surface area contributed by atoms with Crippen LogP contribution in [0.4, 0.5) is 5.82 Å². The smallest absolute Gasteiger partial charge is 0.246 e. The van der Waals surface area contributed by atoms with Crippen LogP contribution in [0.3, 0.4) is 0 Å². The van der Waals surface area contributed by atoms with Gasteiger partial charge in [0.05, 0.1) is 13.3 Å². The van der Waals surface area contributed by atoms with E-state index in [-0.39, 0.29) is 5.91 Å². The molecule has 0 atom stereocenters. The molecular weight excluding hydrogens is 316 g/mol. The van der Waals surface area contributed by atoms with Crippen molar-refractivity contribution in [1.29, 1.82) is 0 Å². The molecule has 0 bridgehead atoms. The third-order valence-corrected chi connectivity index (χ3v) is 4.26. The molecule has 1 aromatic heterocycles. The third kappa shape index (κ3) is 4.15. The highest BCUT2D eigenvalue weighted by Gasteiger charge is 2.20. The molecule has 1 amide bonds. The number of hydrogen-bond donors (Lipinski definition) is 0. The summed E-state index contributed by atoms with van der Waals surface area (Å²) >= 11 is 0. The largest absolute Gasteiger partial charge is 0.496 e. The minimum Gasteiger partial charge on any atom is -0.496 e. The maximum Gasteiger partial charge on any atom is 0.246 e. The molecule has 0 radical (unpaired) electrons. The standard InChI is InChI=1S/C19H22N4O2/c1-15-3-5-17(25-2)16(13-15)4-6-19(24)23-11-9-22(10-12-23)18-14-20-7-8-21-18/h3-8,13-14H,9-12H2,1-2H3/b6-4+. The van der Waals surface area contributed by atoms with Gasteiger partial charge in [-0.05, 0) is 25.1 Å². The summed E-state index contributed by atoms with van der Waals surface area (Å²) in [6.45, 7) is 4.87. The number of anilines is 1. The number of hydrogen-bond acceptors (Lipinski definition) is 5. The highest BCUT2D eigenvalue weighted by atomic mass is 16.5. The zero-order chi connectivity index (χ0) is 17.6. The lowest BCUT2D eigenvalue weighted by molar-refractivity contribution is -0.126. The SMILES string of the molecule is COc1ccc(C)cc1/C=C/C(=O)N1CCN(c2cnccn2)CC1. The van der Waals surface area contributed by atoms with Crippen molar-refractivity contribution in [2.24, 2.45) is 0 Å². The van der Waals surface area contributed by atoms with Crippen molar-refractivity contribution in [2.75, 3.05) is 38.2 Å². The molecule has 3 rings (SSSR count). The normalized spacial score (nSPS) is 14.8. The van der Waals surface area contributed by atoms with Gasteiger partial charge in [-0.1, -0.05) is 11.6 Å². The van der Waals surface area contributed by atoms with Crippen molar-refractivity contribution in [2.45, 2.75) is 6.92 Å². The Morgan fingerprint density at radius 2 is 2.00 bits per heavy atom. The van der Waals surface area contributed by atoms with Crippen molar-refractivity contribution < 1.29 is 9.53 Å². The van der Waals surface area contributed by atoms with Crippen molar-refractivity contribution in [3.05, 3.63) is 54.0 Å². The molecule has 2 aromatic rings. The monoisotopic (exact) mass is 338 g/mol. The number of methoxy groups -OCH3 is 1. The van der Waals surface area contributed by atoms with Crippen LogP contribution in [0, 0.1) is 6.92 Å². The van der Waals surface area contributed by atoms with Gasteiger partial charge in [0, 0.05) is 50.2 Å². The molecule has 1 fully saturated rings. The topological polar surface area (TPSA) is 58.6 Å². The molecule has 0 unspecified atom stereocenters. The zero-order valence-electron chi connectivity index (χ0n) is 14.6. The Labute approximate surface area is 147 Å². The summed E-state index contributed by atoms with van der Waals surface area (Å²) < 4.78 is 5.35. The summed E-state index contributed by atoms with van der Waals surface area (Å²) in [5, 5.41) is 0. The Bertz CT molecular complexity index is 753. The van der Waals surface area contributed by atoms with Gasteiger partial charge in [0.15, 0.2) is 0 Å². The summed E-state index contributed by atoms with van der Waals surface area (Å²) in [5.41, 5.74) is 2.04. The summed E-state index contributed by atoms with van der Waals surface area (Å²) in [5.74, 6) is 1.64. The molecule has 25 heavy (non-hydrogen) atoms. The molecule has 0 saturated carbocycles. The van der Waals surface area contributed by atoms with Gasteiger partial charge < -0.3 is 14.5 Å². The summed E-state index contributed by atoms with van der Waals surface area (Å²) in [6.07, 6.45) is 8.54. The number of rotatable bonds is 4. The predicted octanol–water partition coefficient (Wildman–Crippen LogP) is 2.16. The van der Waals surface area contributed by atoms with E-state index in [1.807, 2.05) is 36.1 Å². The van der Waals surface area contributed by atoms with E-state index in [0.29, 0.717) is 13.1 Å².